The highest BCUT2D eigenvalue weighted by Gasteiger charge is 2.30. The largest absolute Gasteiger partial charge is 0.339 e. The van der Waals surface area contributed by atoms with Crippen LogP contribution in [0.1, 0.15) is 57.2 Å². The minimum atomic E-state index is -0.0396. The molecule has 4 nitrogen and oxygen atoms in total. The molecule has 1 heterocycles. The Hall–Kier alpha value is -1.37. The summed E-state index contributed by atoms with van der Waals surface area (Å²) in [6.45, 7) is 4.19. The van der Waals surface area contributed by atoms with E-state index in [9.17, 15) is 0 Å². The molecule has 1 fully saturated rings. The highest BCUT2D eigenvalue weighted by Crippen LogP contribution is 2.38. The molecule has 0 spiro atoms. The highest BCUT2D eigenvalue weighted by molar-refractivity contribution is 5.04. The number of nitrogens with zero attached hydrogens (tertiary/aromatic N) is 3. The van der Waals surface area contributed by atoms with Crippen molar-refractivity contribution < 1.29 is 4.52 Å². The Bertz CT molecular complexity index is 403. The van der Waals surface area contributed by atoms with E-state index in [1.807, 2.05) is 0 Å². The van der Waals surface area contributed by atoms with Gasteiger partial charge in [0, 0.05) is 18.8 Å². The maximum atomic E-state index is 8.80. The van der Waals surface area contributed by atoms with Gasteiger partial charge in [-0.1, -0.05) is 19.0 Å². The van der Waals surface area contributed by atoms with E-state index in [1.165, 1.54) is 12.8 Å². The van der Waals surface area contributed by atoms with Gasteiger partial charge in [0.1, 0.15) is 0 Å². The third-order valence-corrected chi connectivity index (χ3v) is 3.36. The molecule has 1 saturated carbocycles. The fourth-order valence-corrected chi connectivity index (χ4v) is 1.72. The number of aromatic nitrogens is 2. The van der Waals surface area contributed by atoms with Gasteiger partial charge in [0.2, 0.25) is 5.89 Å². The van der Waals surface area contributed by atoms with E-state index >= 15 is 0 Å². The van der Waals surface area contributed by atoms with Crippen LogP contribution in [-0.4, -0.2) is 10.1 Å². The summed E-state index contributed by atoms with van der Waals surface area (Å²) in [4.78, 5) is 4.40. The van der Waals surface area contributed by atoms with Crippen LogP contribution in [0.5, 0.6) is 0 Å². The van der Waals surface area contributed by atoms with Gasteiger partial charge in [0.15, 0.2) is 5.82 Å². The fourth-order valence-electron chi connectivity index (χ4n) is 1.72. The Morgan fingerprint density at radius 1 is 1.56 bits per heavy atom. The summed E-state index contributed by atoms with van der Waals surface area (Å²) in [5.74, 6) is 2.06. The molecule has 1 aromatic rings. The summed E-state index contributed by atoms with van der Waals surface area (Å²) in [6, 6.07) is 2.23. The maximum absolute atomic E-state index is 8.80. The molecule has 0 aromatic carbocycles. The Kier molecular flexibility index (Phi) is 2.95. The molecule has 1 aliphatic rings. The van der Waals surface area contributed by atoms with E-state index in [1.54, 1.807) is 0 Å². The molecule has 1 aliphatic carbocycles. The Morgan fingerprint density at radius 2 is 2.31 bits per heavy atom. The van der Waals surface area contributed by atoms with Gasteiger partial charge in [-0.3, -0.25) is 0 Å². The van der Waals surface area contributed by atoms with E-state index in [0.29, 0.717) is 24.7 Å². The lowest BCUT2D eigenvalue weighted by Gasteiger charge is -2.22. The molecule has 2 rings (SSSR count). The quantitative estimate of drug-likeness (QED) is 0.763. The van der Waals surface area contributed by atoms with Crippen LogP contribution in [0.3, 0.4) is 0 Å². The lowest BCUT2D eigenvalue weighted by atomic mass is 9.81. The monoisotopic (exact) mass is 219 g/mol. The molecular formula is C12H17N3O. The fraction of sp³-hybridized carbons (Fsp3) is 0.750. The average Bonchev–Trinajstić information content (AvgIpc) is 3.01. The minimum Gasteiger partial charge on any atom is -0.339 e. The summed E-state index contributed by atoms with van der Waals surface area (Å²) in [5.41, 5.74) is -0.0396. The predicted octanol–water partition coefficient (Wildman–Crippen LogP) is 2.82. The topological polar surface area (TPSA) is 62.7 Å². The molecule has 0 aliphatic heterocycles. The zero-order chi connectivity index (χ0) is 11.6. The lowest BCUT2D eigenvalue weighted by molar-refractivity contribution is 0.265. The zero-order valence-corrected chi connectivity index (χ0v) is 9.86. The van der Waals surface area contributed by atoms with Crippen molar-refractivity contribution in [2.75, 3.05) is 0 Å². The van der Waals surface area contributed by atoms with Crippen molar-refractivity contribution in [2.24, 2.45) is 5.41 Å². The number of hydrogen-bond acceptors (Lipinski definition) is 4. The van der Waals surface area contributed by atoms with Crippen LogP contribution < -0.4 is 0 Å². The minimum absolute atomic E-state index is 0.0396. The maximum Gasteiger partial charge on any atom is 0.227 e. The van der Waals surface area contributed by atoms with Crippen LogP contribution in [0.15, 0.2) is 4.52 Å². The normalized spacial score (nSPS) is 19.1. The van der Waals surface area contributed by atoms with Gasteiger partial charge >= 0.3 is 0 Å². The molecule has 0 radical (unpaired) electrons. The predicted molar refractivity (Wildman–Crippen MR) is 58.6 cm³/mol. The van der Waals surface area contributed by atoms with Gasteiger partial charge in [-0.2, -0.15) is 10.2 Å². The molecule has 4 heteroatoms. The van der Waals surface area contributed by atoms with Crippen LogP contribution in [0.25, 0.3) is 0 Å². The summed E-state index contributed by atoms with van der Waals surface area (Å²) in [5, 5.41) is 12.8. The Labute approximate surface area is 95.7 Å². The Balaban J connectivity index is 2.03. The van der Waals surface area contributed by atoms with Crippen molar-refractivity contribution in [3.63, 3.8) is 0 Å². The van der Waals surface area contributed by atoms with E-state index < -0.39 is 0 Å². The zero-order valence-electron chi connectivity index (χ0n) is 9.86. The number of rotatable bonds is 5. The van der Waals surface area contributed by atoms with Gasteiger partial charge in [0.25, 0.3) is 0 Å². The van der Waals surface area contributed by atoms with E-state index in [-0.39, 0.29) is 5.41 Å². The second-order valence-corrected chi connectivity index (χ2v) is 5.00. The van der Waals surface area contributed by atoms with Crippen molar-refractivity contribution in [3.8, 4) is 6.07 Å². The Morgan fingerprint density at radius 3 is 2.88 bits per heavy atom. The SMILES string of the molecule is CCC(C)(CC#N)Cc1nc(C2CC2)no1. The first-order valence-corrected chi connectivity index (χ1v) is 5.86. The lowest BCUT2D eigenvalue weighted by Crippen LogP contribution is -2.18. The van der Waals surface area contributed by atoms with E-state index in [4.69, 9.17) is 9.78 Å². The summed E-state index contributed by atoms with van der Waals surface area (Å²) in [6.07, 6.45) is 4.55. The van der Waals surface area contributed by atoms with Gasteiger partial charge in [-0.15, -0.1) is 0 Å². The molecule has 1 atom stereocenters. The molecule has 1 aromatic heterocycles. The van der Waals surface area contributed by atoms with Crippen molar-refractivity contribution in [1.82, 2.24) is 10.1 Å². The standard InChI is InChI=1S/C12H17N3O/c1-3-12(2,6-7-13)8-10-14-11(15-16-10)9-4-5-9/h9H,3-6,8H2,1-2H3. The highest BCUT2D eigenvalue weighted by atomic mass is 16.5. The smallest absolute Gasteiger partial charge is 0.227 e. The van der Waals surface area contributed by atoms with Crippen LogP contribution in [0, 0.1) is 16.7 Å². The van der Waals surface area contributed by atoms with Crippen molar-refractivity contribution >= 4 is 0 Å². The van der Waals surface area contributed by atoms with Gasteiger partial charge in [-0.25, -0.2) is 0 Å². The molecule has 16 heavy (non-hydrogen) atoms. The summed E-state index contributed by atoms with van der Waals surface area (Å²) < 4.78 is 5.24. The second-order valence-electron chi connectivity index (χ2n) is 5.00. The first-order valence-electron chi connectivity index (χ1n) is 5.86. The van der Waals surface area contributed by atoms with Crippen LogP contribution in [-0.2, 0) is 6.42 Å². The molecule has 1 unspecified atom stereocenters. The van der Waals surface area contributed by atoms with Gasteiger partial charge in [-0.05, 0) is 24.7 Å². The molecule has 0 bridgehead atoms. The number of hydrogen-bond donors (Lipinski definition) is 0. The molecule has 0 amide bonds. The van der Waals surface area contributed by atoms with Gasteiger partial charge < -0.3 is 4.52 Å². The average molecular weight is 219 g/mol. The first-order chi connectivity index (χ1) is 7.67. The number of nitriles is 1. The third kappa shape index (κ3) is 2.41. The molecule has 0 N–H and O–H groups in total. The van der Waals surface area contributed by atoms with E-state index in [2.05, 4.69) is 30.1 Å². The van der Waals surface area contributed by atoms with Crippen molar-refractivity contribution in [1.29, 1.82) is 5.26 Å². The van der Waals surface area contributed by atoms with Crippen LogP contribution >= 0.6 is 0 Å². The molecule has 86 valence electrons. The van der Waals surface area contributed by atoms with Crippen LogP contribution in [0.4, 0.5) is 0 Å². The van der Waals surface area contributed by atoms with Crippen molar-refractivity contribution in [2.45, 2.75) is 51.9 Å². The van der Waals surface area contributed by atoms with Gasteiger partial charge in [0.05, 0.1) is 6.07 Å². The van der Waals surface area contributed by atoms with Crippen LogP contribution in [0.2, 0.25) is 0 Å². The third-order valence-electron chi connectivity index (χ3n) is 3.36. The van der Waals surface area contributed by atoms with Crippen molar-refractivity contribution in [3.05, 3.63) is 11.7 Å². The molecular weight excluding hydrogens is 202 g/mol. The summed E-state index contributed by atoms with van der Waals surface area (Å²) in [7, 11) is 0. The van der Waals surface area contributed by atoms with E-state index in [0.717, 1.165) is 12.2 Å². The second kappa shape index (κ2) is 4.25. The first kappa shape index (κ1) is 11.1. The summed E-state index contributed by atoms with van der Waals surface area (Å²) >= 11 is 0. The molecule has 0 saturated heterocycles.